The van der Waals surface area contributed by atoms with Crippen LogP contribution in [-0.4, -0.2) is 5.97 Å². The molecule has 0 spiro atoms. The molecular formula is C16H15O2-. The molecule has 0 radical (unpaired) electrons. The second-order valence-electron chi connectivity index (χ2n) is 4.41. The van der Waals surface area contributed by atoms with Gasteiger partial charge in [-0.1, -0.05) is 67.6 Å². The Morgan fingerprint density at radius 2 is 1.33 bits per heavy atom. The van der Waals surface area contributed by atoms with Gasteiger partial charge in [-0.2, -0.15) is 0 Å². The van der Waals surface area contributed by atoms with Crippen LogP contribution in [0.25, 0.3) is 0 Å². The van der Waals surface area contributed by atoms with Gasteiger partial charge in [0.15, 0.2) is 0 Å². The molecule has 2 rings (SSSR count). The van der Waals surface area contributed by atoms with E-state index in [0.717, 1.165) is 11.1 Å². The third-order valence-corrected chi connectivity index (χ3v) is 3.24. The Kier molecular flexibility index (Phi) is 3.78. The lowest BCUT2D eigenvalue weighted by atomic mass is 9.83. The Morgan fingerprint density at radius 3 is 1.78 bits per heavy atom. The molecule has 92 valence electrons. The van der Waals surface area contributed by atoms with Gasteiger partial charge in [0.2, 0.25) is 0 Å². The molecule has 0 aliphatic rings. The molecule has 0 aliphatic carbocycles. The zero-order valence-corrected chi connectivity index (χ0v) is 10.2. The van der Waals surface area contributed by atoms with E-state index in [1.54, 1.807) is 0 Å². The zero-order chi connectivity index (χ0) is 13.0. The summed E-state index contributed by atoms with van der Waals surface area (Å²) in [6.45, 7) is 1.92. The molecule has 0 aromatic heterocycles. The van der Waals surface area contributed by atoms with E-state index >= 15 is 0 Å². The molecule has 2 aromatic carbocycles. The minimum atomic E-state index is -1.03. The van der Waals surface area contributed by atoms with Crippen molar-refractivity contribution >= 4 is 5.97 Å². The Hall–Kier alpha value is -2.09. The van der Waals surface area contributed by atoms with E-state index in [9.17, 15) is 9.90 Å². The van der Waals surface area contributed by atoms with E-state index in [0.29, 0.717) is 0 Å². The number of carboxylic acids is 1. The van der Waals surface area contributed by atoms with Crippen LogP contribution in [-0.2, 0) is 4.79 Å². The molecule has 0 N–H and O–H groups in total. The fourth-order valence-corrected chi connectivity index (χ4v) is 2.24. The summed E-state index contributed by atoms with van der Waals surface area (Å²) in [5.41, 5.74) is 1.80. The lowest BCUT2D eigenvalue weighted by molar-refractivity contribution is -0.308. The van der Waals surface area contributed by atoms with Crippen molar-refractivity contribution in [1.82, 2.24) is 0 Å². The van der Waals surface area contributed by atoms with Crippen molar-refractivity contribution in [3.63, 3.8) is 0 Å². The zero-order valence-electron chi connectivity index (χ0n) is 10.2. The van der Waals surface area contributed by atoms with Gasteiger partial charge >= 0.3 is 0 Å². The molecule has 0 aliphatic heterocycles. The number of aliphatic carboxylic acids is 1. The van der Waals surface area contributed by atoms with Crippen molar-refractivity contribution in [2.75, 3.05) is 0 Å². The lowest BCUT2D eigenvalue weighted by Crippen LogP contribution is -2.32. The molecule has 0 fully saturated rings. The second kappa shape index (κ2) is 5.50. The summed E-state index contributed by atoms with van der Waals surface area (Å²) in [6, 6.07) is 18.9. The topological polar surface area (TPSA) is 40.1 Å². The SMILES string of the molecule is C[C@H](c1ccccc1)[C@@H](C(=O)[O-])c1ccccc1. The largest absolute Gasteiger partial charge is 0.549 e. The predicted octanol–water partition coefficient (Wildman–Crippen LogP) is 2.32. The molecule has 2 nitrogen and oxygen atoms in total. The first-order valence-corrected chi connectivity index (χ1v) is 6.01. The smallest absolute Gasteiger partial charge is 0.0495 e. The van der Waals surface area contributed by atoms with Gasteiger partial charge in [0.25, 0.3) is 0 Å². The van der Waals surface area contributed by atoms with Crippen molar-refractivity contribution in [2.45, 2.75) is 18.8 Å². The van der Waals surface area contributed by atoms with Crippen molar-refractivity contribution in [2.24, 2.45) is 0 Å². The highest BCUT2D eigenvalue weighted by molar-refractivity contribution is 5.75. The fraction of sp³-hybridized carbons (Fsp3) is 0.188. The van der Waals surface area contributed by atoms with Crippen molar-refractivity contribution in [3.8, 4) is 0 Å². The average molecular weight is 239 g/mol. The van der Waals surface area contributed by atoms with Crippen LogP contribution in [0.2, 0.25) is 0 Å². The number of carboxylic acid groups (broad SMARTS) is 1. The standard InChI is InChI=1S/C16H16O2/c1-12(13-8-4-2-5-9-13)15(16(17)18)14-10-6-3-7-11-14/h2-12,15H,1H3,(H,17,18)/p-1/t12-,15-/m1/s1. The minimum absolute atomic E-state index is 0.112. The lowest BCUT2D eigenvalue weighted by Gasteiger charge is -2.25. The highest BCUT2D eigenvalue weighted by Crippen LogP contribution is 2.32. The third kappa shape index (κ3) is 2.59. The summed E-state index contributed by atoms with van der Waals surface area (Å²) in [7, 11) is 0. The molecule has 0 unspecified atom stereocenters. The van der Waals surface area contributed by atoms with Crippen molar-refractivity contribution in [3.05, 3.63) is 71.8 Å². The van der Waals surface area contributed by atoms with Crippen molar-refractivity contribution in [1.29, 1.82) is 0 Å². The van der Waals surface area contributed by atoms with E-state index in [1.807, 2.05) is 67.6 Å². The molecule has 2 atom stereocenters. The van der Waals surface area contributed by atoms with Crippen LogP contribution in [0.1, 0.15) is 29.9 Å². The molecule has 0 amide bonds. The summed E-state index contributed by atoms with van der Waals surface area (Å²) >= 11 is 0. The number of hydrogen-bond donors (Lipinski definition) is 0. The van der Waals surface area contributed by atoms with Gasteiger partial charge in [-0.3, -0.25) is 0 Å². The van der Waals surface area contributed by atoms with Crippen LogP contribution < -0.4 is 5.11 Å². The van der Waals surface area contributed by atoms with E-state index in [4.69, 9.17) is 0 Å². The number of carbonyl (C=O) groups excluding carboxylic acids is 1. The number of hydrogen-bond acceptors (Lipinski definition) is 2. The molecule has 2 aromatic rings. The first-order chi connectivity index (χ1) is 8.70. The summed E-state index contributed by atoms with van der Waals surface area (Å²) in [4.78, 5) is 11.4. The molecule has 2 heteroatoms. The first-order valence-electron chi connectivity index (χ1n) is 6.01. The van der Waals surface area contributed by atoms with Gasteiger partial charge in [-0.05, 0) is 17.0 Å². The van der Waals surface area contributed by atoms with Gasteiger partial charge in [0.05, 0.1) is 0 Å². The highest BCUT2D eigenvalue weighted by Gasteiger charge is 2.21. The quantitative estimate of drug-likeness (QED) is 0.821. The Morgan fingerprint density at radius 1 is 0.889 bits per heavy atom. The van der Waals surface area contributed by atoms with Gasteiger partial charge < -0.3 is 9.90 Å². The van der Waals surface area contributed by atoms with E-state index in [1.165, 1.54) is 0 Å². The van der Waals surface area contributed by atoms with Gasteiger partial charge in [0.1, 0.15) is 0 Å². The Balaban J connectivity index is 2.35. The summed E-state index contributed by atoms with van der Waals surface area (Å²) in [6.07, 6.45) is 0. The average Bonchev–Trinajstić information content (AvgIpc) is 2.40. The Labute approximate surface area is 107 Å². The van der Waals surface area contributed by atoms with Gasteiger partial charge in [0, 0.05) is 11.9 Å². The van der Waals surface area contributed by atoms with Crippen LogP contribution in [0, 0.1) is 0 Å². The monoisotopic (exact) mass is 239 g/mol. The second-order valence-corrected chi connectivity index (χ2v) is 4.41. The molecule has 0 saturated heterocycles. The van der Waals surface area contributed by atoms with Crippen molar-refractivity contribution < 1.29 is 9.90 Å². The number of rotatable bonds is 4. The van der Waals surface area contributed by atoms with Gasteiger partial charge in [-0.25, -0.2) is 0 Å². The molecule has 0 saturated carbocycles. The van der Waals surface area contributed by atoms with E-state index < -0.39 is 11.9 Å². The number of benzene rings is 2. The molecule has 0 heterocycles. The molecule has 0 bridgehead atoms. The number of carbonyl (C=O) groups is 1. The van der Waals surface area contributed by atoms with E-state index in [-0.39, 0.29) is 5.92 Å². The summed E-state index contributed by atoms with van der Waals surface area (Å²) < 4.78 is 0. The normalized spacial score (nSPS) is 13.8. The minimum Gasteiger partial charge on any atom is -0.549 e. The van der Waals surface area contributed by atoms with E-state index in [2.05, 4.69) is 0 Å². The van der Waals surface area contributed by atoms with Crippen LogP contribution in [0.4, 0.5) is 0 Å². The van der Waals surface area contributed by atoms with Crippen LogP contribution in [0.5, 0.6) is 0 Å². The maximum Gasteiger partial charge on any atom is 0.0495 e. The molecular weight excluding hydrogens is 224 g/mol. The summed E-state index contributed by atoms with van der Waals surface area (Å²) in [5, 5.41) is 11.4. The van der Waals surface area contributed by atoms with Crippen LogP contribution in [0.3, 0.4) is 0 Å². The maximum atomic E-state index is 11.4. The fourth-order valence-electron chi connectivity index (χ4n) is 2.24. The van der Waals surface area contributed by atoms with Crippen LogP contribution in [0.15, 0.2) is 60.7 Å². The maximum absolute atomic E-state index is 11.4. The third-order valence-electron chi connectivity index (χ3n) is 3.24. The first kappa shape index (κ1) is 12.4. The predicted molar refractivity (Wildman–Crippen MR) is 69.0 cm³/mol. The summed E-state index contributed by atoms with van der Waals surface area (Å²) in [5.74, 6) is -1.76. The molecule has 18 heavy (non-hydrogen) atoms. The van der Waals surface area contributed by atoms with Gasteiger partial charge in [-0.15, -0.1) is 0 Å². The Bertz CT molecular complexity index is 505. The highest BCUT2D eigenvalue weighted by atomic mass is 16.4. The van der Waals surface area contributed by atoms with Crippen LogP contribution >= 0.6 is 0 Å².